The zero-order chi connectivity index (χ0) is 17.3. The third kappa shape index (κ3) is 5.01. The Balaban J connectivity index is 0.00000102. The van der Waals surface area contributed by atoms with E-state index in [2.05, 4.69) is 4.98 Å². The van der Waals surface area contributed by atoms with Crippen LogP contribution >= 0.6 is 0 Å². The van der Waals surface area contributed by atoms with Crippen LogP contribution in [0.15, 0.2) is 18.5 Å². The SMILES string of the molecule is CC.CC.CC1OC(c2ccncc2[N+](=O)[O-])CC(O)C1O. The van der Waals surface area contributed by atoms with Crippen LogP contribution in [-0.4, -0.2) is 38.4 Å². The monoisotopic (exact) mass is 314 g/mol. The minimum Gasteiger partial charge on any atom is -0.390 e. The Morgan fingerprint density at radius 1 is 1.32 bits per heavy atom. The van der Waals surface area contributed by atoms with Crippen molar-refractivity contribution in [1.29, 1.82) is 0 Å². The molecule has 1 aliphatic rings. The van der Waals surface area contributed by atoms with Gasteiger partial charge in [0.2, 0.25) is 0 Å². The maximum Gasteiger partial charge on any atom is 0.293 e. The van der Waals surface area contributed by atoms with E-state index >= 15 is 0 Å². The highest BCUT2D eigenvalue weighted by atomic mass is 16.6. The van der Waals surface area contributed by atoms with Crippen molar-refractivity contribution in [3.8, 4) is 0 Å². The fourth-order valence-corrected chi connectivity index (χ4v) is 2.09. The molecule has 0 aromatic carbocycles. The summed E-state index contributed by atoms with van der Waals surface area (Å²) in [5.74, 6) is 0. The predicted octanol–water partition coefficient (Wildman–Crippen LogP) is 2.61. The Bertz CT molecular complexity index is 443. The smallest absolute Gasteiger partial charge is 0.293 e. The lowest BCUT2D eigenvalue weighted by Crippen LogP contribution is -2.44. The summed E-state index contributed by atoms with van der Waals surface area (Å²) in [5, 5.41) is 30.2. The Labute approximate surface area is 131 Å². The van der Waals surface area contributed by atoms with Crippen LogP contribution in [0.4, 0.5) is 5.69 Å². The molecule has 4 unspecified atom stereocenters. The summed E-state index contributed by atoms with van der Waals surface area (Å²) in [6.07, 6.45) is -0.396. The summed E-state index contributed by atoms with van der Waals surface area (Å²) in [7, 11) is 0. The van der Waals surface area contributed by atoms with Crippen LogP contribution < -0.4 is 0 Å². The largest absolute Gasteiger partial charge is 0.390 e. The van der Waals surface area contributed by atoms with Crippen molar-refractivity contribution in [1.82, 2.24) is 4.98 Å². The first-order chi connectivity index (χ1) is 10.5. The number of ether oxygens (including phenoxy) is 1. The summed E-state index contributed by atoms with van der Waals surface area (Å²) in [5.41, 5.74) is 0.228. The third-order valence-corrected chi connectivity index (χ3v) is 3.09. The van der Waals surface area contributed by atoms with E-state index in [-0.39, 0.29) is 12.1 Å². The number of aliphatic hydroxyl groups excluding tert-OH is 2. The second-order valence-corrected chi connectivity index (χ2v) is 4.32. The topological polar surface area (TPSA) is 106 Å². The highest BCUT2D eigenvalue weighted by molar-refractivity contribution is 5.38. The fourth-order valence-electron chi connectivity index (χ4n) is 2.09. The van der Waals surface area contributed by atoms with Crippen molar-refractivity contribution >= 4 is 5.69 Å². The molecule has 126 valence electrons. The molecule has 7 nitrogen and oxygen atoms in total. The average molecular weight is 314 g/mol. The predicted molar refractivity (Wildman–Crippen MR) is 83.5 cm³/mol. The van der Waals surface area contributed by atoms with E-state index in [4.69, 9.17) is 4.74 Å². The third-order valence-electron chi connectivity index (χ3n) is 3.09. The maximum absolute atomic E-state index is 10.9. The zero-order valence-corrected chi connectivity index (χ0v) is 13.8. The molecular weight excluding hydrogens is 288 g/mol. The van der Waals surface area contributed by atoms with Crippen molar-refractivity contribution in [2.45, 2.75) is 65.5 Å². The minimum atomic E-state index is -0.970. The van der Waals surface area contributed by atoms with Gasteiger partial charge in [0.25, 0.3) is 5.69 Å². The number of pyridine rings is 1. The number of hydrogen-bond donors (Lipinski definition) is 2. The lowest BCUT2D eigenvalue weighted by atomic mass is 9.94. The van der Waals surface area contributed by atoms with Crippen LogP contribution in [0.3, 0.4) is 0 Å². The summed E-state index contributed by atoms with van der Waals surface area (Å²) < 4.78 is 5.50. The average Bonchev–Trinajstić information content (AvgIpc) is 2.56. The summed E-state index contributed by atoms with van der Waals surface area (Å²) >= 11 is 0. The summed E-state index contributed by atoms with van der Waals surface area (Å²) in [6, 6.07) is 1.50. The first-order valence-corrected chi connectivity index (χ1v) is 7.60. The highest BCUT2D eigenvalue weighted by Crippen LogP contribution is 2.35. The fraction of sp³-hybridized carbons (Fsp3) is 0.667. The van der Waals surface area contributed by atoms with Crippen LogP contribution in [-0.2, 0) is 4.74 Å². The van der Waals surface area contributed by atoms with Gasteiger partial charge in [-0.15, -0.1) is 0 Å². The number of hydrogen-bond acceptors (Lipinski definition) is 6. The van der Waals surface area contributed by atoms with Crippen molar-refractivity contribution in [3.63, 3.8) is 0 Å². The van der Waals surface area contributed by atoms with E-state index in [1.807, 2.05) is 27.7 Å². The highest BCUT2D eigenvalue weighted by Gasteiger charge is 2.37. The van der Waals surface area contributed by atoms with E-state index in [1.54, 1.807) is 6.92 Å². The molecule has 4 atom stereocenters. The van der Waals surface area contributed by atoms with Gasteiger partial charge in [0.05, 0.1) is 28.8 Å². The van der Waals surface area contributed by atoms with Gasteiger partial charge in [-0.1, -0.05) is 27.7 Å². The molecule has 0 amide bonds. The van der Waals surface area contributed by atoms with Crippen LogP contribution in [0.25, 0.3) is 0 Å². The molecule has 1 aromatic rings. The number of nitrogens with zero attached hydrogens (tertiary/aromatic N) is 2. The molecule has 2 N–H and O–H groups in total. The second kappa shape index (κ2) is 10.2. The molecule has 2 rings (SSSR count). The molecule has 1 saturated heterocycles. The van der Waals surface area contributed by atoms with Gasteiger partial charge >= 0.3 is 0 Å². The van der Waals surface area contributed by atoms with Gasteiger partial charge in [0.1, 0.15) is 12.3 Å². The quantitative estimate of drug-likeness (QED) is 0.642. The van der Waals surface area contributed by atoms with Crippen molar-refractivity contribution in [3.05, 3.63) is 34.1 Å². The van der Waals surface area contributed by atoms with E-state index in [1.165, 1.54) is 12.3 Å². The molecule has 1 aromatic heterocycles. The lowest BCUT2D eigenvalue weighted by Gasteiger charge is -2.35. The normalized spacial score (nSPS) is 26.9. The first kappa shape index (κ1) is 20.4. The van der Waals surface area contributed by atoms with E-state index < -0.39 is 29.3 Å². The second-order valence-electron chi connectivity index (χ2n) is 4.32. The van der Waals surface area contributed by atoms with Crippen molar-refractivity contribution in [2.24, 2.45) is 0 Å². The molecule has 1 aliphatic heterocycles. The van der Waals surface area contributed by atoms with E-state index in [0.29, 0.717) is 5.56 Å². The van der Waals surface area contributed by atoms with Gasteiger partial charge in [-0.2, -0.15) is 0 Å². The number of aromatic nitrogens is 1. The van der Waals surface area contributed by atoms with Gasteiger partial charge in [-0.25, -0.2) is 0 Å². The Morgan fingerprint density at radius 2 is 1.91 bits per heavy atom. The molecule has 22 heavy (non-hydrogen) atoms. The van der Waals surface area contributed by atoms with Gasteiger partial charge in [0.15, 0.2) is 0 Å². The van der Waals surface area contributed by atoms with Gasteiger partial charge < -0.3 is 14.9 Å². The Kier molecular flexibility index (Phi) is 9.48. The molecular formula is C15H26N2O5. The standard InChI is InChI=1S/C11H14N2O5.2C2H6/c1-6-11(15)9(14)4-10(18-6)7-2-3-12-5-8(7)13(16)17;2*1-2/h2-3,5-6,9-11,14-15H,4H2,1H3;2*1-2H3. The molecule has 7 heteroatoms. The molecule has 0 bridgehead atoms. The van der Waals surface area contributed by atoms with Gasteiger partial charge in [0, 0.05) is 12.6 Å². The van der Waals surface area contributed by atoms with E-state index in [0.717, 1.165) is 6.20 Å². The molecule has 0 saturated carbocycles. The van der Waals surface area contributed by atoms with Gasteiger partial charge in [-0.3, -0.25) is 15.1 Å². The van der Waals surface area contributed by atoms with Crippen LogP contribution in [0.5, 0.6) is 0 Å². The number of nitro groups is 1. The van der Waals surface area contributed by atoms with Crippen molar-refractivity contribution < 1.29 is 19.9 Å². The molecule has 0 radical (unpaired) electrons. The summed E-state index contributed by atoms with van der Waals surface area (Å²) in [6.45, 7) is 9.62. The molecule has 0 spiro atoms. The Hall–Kier alpha value is -1.57. The van der Waals surface area contributed by atoms with Crippen molar-refractivity contribution in [2.75, 3.05) is 0 Å². The summed E-state index contributed by atoms with van der Waals surface area (Å²) in [4.78, 5) is 14.1. The Morgan fingerprint density at radius 3 is 2.41 bits per heavy atom. The molecule has 0 aliphatic carbocycles. The van der Waals surface area contributed by atoms with Crippen LogP contribution in [0.1, 0.15) is 52.7 Å². The van der Waals surface area contributed by atoms with E-state index in [9.17, 15) is 20.3 Å². The first-order valence-electron chi connectivity index (χ1n) is 7.60. The molecule has 1 fully saturated rings. The maximum atomic E-state index is 10.9. The van der Waals surface area contributed by atoms with Crippen LogP contribution in [0.2, 0.25) is 0 Å². The molecule has 2 heterocycles. The lowest BCUT2D eigenvalue weighted by molar-refractivity contribution is -0.386. The number of rotatable bonds is 2. The van der Waals surface area contributed by atoms with Crippen LogP contribution in [0, 0.1) is 10.1 Å². The minimum absolute atomic E-state index is 0.121. The zero-order valence-electron chi connectivity index (χ0n) is 13.8. The van der Waals surface area contributed by atoms with Gasteiger partial charge in [-0.05, 0) is 13.0 Å². The number of aliphatic hydroxyl groups is 2.